The second kappa shape index (κ2) is 5.05. The molecule has 0 aliphatic heterocycles. The molecule has 0 bridgehead atoms. The number of phenolic OH excluding ortho intramolecular Hbond substituents is 1. The molecule has 0 atom stereocenters. The summed E-state index contributed by atoms with van der Waals surface area (Å²) in [5.41, 5.74) is 1.20. The fourth-order valence-corrected chi connectivity index (χ4v) is 2.10. The predicted octanol–water partition coefficient (Wildman–Crippen LogP) is 2.42. The van der Waals surface area contributed by atoms with Crippen LogP contribution in [0.2, 0.25) is 0 Å². The zero-order valence-electron chi connectivity index (χ0n) is 9.93. The first-order valence-electron chi connectivity index (χ1n) is 5.20. The number of ether oxygens (including phenoxy) is 1. The van der Waals surface area contributed by atoms with Crippen molar-refractivity contribution in [3.63, 3.8) is 0 Å². The average molecular weight is 264 g/mol. The lowest BCUT2D eigenvalue weighted by molar-refractivity contribution is 0.102. The lowest BCUT2D eigenvalue weighted by atomic mass is 10.2. The minimum atomic E-state index is -0.317. The summed E-state index contributed by atoms with van der Waals surface area (Å²) in [5.74, 6) is -0.0561. The summed E-state index contributed by atoms with van der Waals surface area (Å²) in [7, 11) is 1.45. The largest absolute Gasteiger partial charge is 0.504 e. The second-order valence-corrected chi connectivity index (χ2v) is 4.49. The Hall–Kier alpha value is -2.08. The highest BCUT2D eigenvalue weighted by Crippen LogP contribution is 2.26. The van der Waals surface area contributed by atoms with Gasteiger partial charge in [-0.3, -0.25) is 10.1 Å². The van der Waals surface area contributed by atoms with Crippen LogP contribution < -0.4 is 10.1 Å². The van der Waals surface area contributed by atoms with Crippen LogP contribution in [-0.2, 0) is 0 Å². The summed E-state index contributed by atoms with van der Waals surface area (Å²) in [6.45, 7) is 1.85. The lowest BCUT2D eigenvalue weighted by Gasteiger charge is -2.05. The van der Waals surface area contributed by atoms with E-state index in [9.17, 15) is 9.90 Å². The van der Waals surface area contributed by atoms with Crippen molar-refractivity contribution in [3.05, 3.63) is 34.8 Å². The molecule has 0 spiro atoms. The van der Waals surface area contributed by atoms with E-state index in [4.69, 9.17) is 4.74 Å². The van der Waals surface area contributed by atoms with Crippen LogP contribution in [0.15, 0.2) is 23.6 Å². The first-order chi connectivity index (χ1) is 8.60. The van der Waals surface area contributed by atoms with Gasteiger partial charge in [0.05, 0.1) is 12.8 Å². The van der Waals surface area contributed by atoms with Crippen molar-refractivity contribution < 1.29 is 14.6 Å². The number of thiazole rings is 1. The summed E-state index contributed by atoms with van der Waals surface area (Å²) in [6, 6.07) is 4.47. The van der Waals surface area contributed by atoms with E-state index in [-0.39, 0.29) is 11.7 Å². The first kappa shape index (κ1) is 12.4. The molecule has 2 aromatic rings. The third kappa shape index (κ3) is 2.60. The predicted molar refractivity (Wildman–Crippen MR) is 69.5 cm³/mol. The van der Waals surface area contributed by atoms with Crippen molar-refractivity contribution in [2.45, 2.75) is 6.92 Å². The highest BCUT2D eigenvalue weighted by atomic mass is 32.1. The third-order valence-corrected chi connectivity index (χ3v) is 3.16. The molecule has 2 N–H and O–H groups in total. The summed E-state index contributed by atoms with van der Waals surface area (Å²) >= 11 is 1.35. The number of methoxy groups -OCH3 is 1. The van der Waals surface area contributed by atoms with Crippen LogP contribution in [0.25, 0.3) is 0 Å². The zero-order chi connectivity index (χ0) is 13.1. The number of aryl methyl sites for hydroxylation is 1. The highest BCUT2D eigenvalue weighted by molar-refractivity contribution is 7.13. The molecule has 1 heterocycles. The van der Waals surface area contributed by atoms with Gasteiger partial charge < -0.3 is 9.84 Å². The van der Waals surface area contributed by atoms with Crippen molar-refractivity contribution in [3.8, 4) is 11.5 Å². The number of nitrogens with one attached hydrogen (secondary N) is 1. The number of hydrogen-bond acceptors (Lipinski definition) is 5. The van der Waals surface area contributed by atoms with Crippen LogP contribution in [0, 0.1) is 6.92 Å². The summed E-state index contributed by atoms with van der Waals surface area (Å²) < 4.78 is 4.91. The van der Waals surface area contributed by atoms with E-state index in [1.165, 1.54) is 30.6 Å². The Morgan fingerprint density at radius 2 is 2.28 bits per heavy atom. The first-order valence-corrected chi connectivity index (χ1v) is 6.08. The third-order valence-electron chi connectivity index (χ3n) is 2.28. The van der Waals surface area contributed by atoms with E-state index in [0.717, 1.165) is 5.69 Å². The summed E-state index contributed by atoms with van der Waals surface area (Å²) in [6.07, 6.45) is 0. The fourth-order valence-electron chi connectivity index (χ4n) is 1.41. The van der Waals surface area contributed by atoms with Crippen LogP contribution in [0.1, 0.15) is 16.1 Å². The van der Waals surface area contributed by atoms with Gasteiger partial charge in [-0.2, -0.15) is 0 Å². The molecule has 1 aromatic carbocycles. The van der Waals surface area contributed by atoms with Crippen LogP contribution in [0.4, 0.5) is 5.13 Å². The van der Waals surface area contributed by atoms with E-state index in [1.807, 2.05) is 12.3 Å². The van der Waals surface area contributed by atoms with Crippen molar-refractivity contribution in [1.29, 1.82) is 0 Å². The van der Waals surface area contributed by atoms with Gasteiger partial charge in [-0.1, -0.05) is 0 Å². The molecule has 0 aliphatic rings. The molecule has 18 heavy (non-hydrogen) atoms. The SMILES string of the molecule is COc1ccc(C(=O)Nc2nc(C)cs2)cc1O. The number of benzene rings is 1. The molecule has 1 amide bonds. The molecule has 0 aliphatic carbocycles. The number of nitrogens with zero attached hydrogens (tertiary/aromatic N) is 1. The van der Waals surface area contributed by atoms with Crippen LogP contribution in [0.3, 0.4) is 0 Å². The van der Waals surface area contributed by atoms with Gasteiger partial charge in [-0.05, 0) is 25.1 Å². The zero-order valence-corrected chi connectivity index (χ0v) is 10.7. The number of phenols is 1. The van der Waals surface area contributed by atoms with Crippen LogP contribution in [-0.4, -0.2) is 23.1 Å². The van der Waals surface area contributed by atoms with E-state index < -0.39 is 0 Å². The van der Waals surface area contributed by atoms with Gasteiger partial charge in [-0.25, -0.2) is 4.98 Å². The minimum absolute atomic E-state index is 0.0690. The van der Waals surface area contributed by atoms with Crippen molar-refractivity contribution in [2.24, 2.45) is 0 Å². The van der Waals surface area contributed by atoms with Gasteiger partial charge in [0, 0.05) is 10.9 Å². The highest BCUT2D eigenvalue weighted by Gasteiger charge is 2.11. The van der Waals surface area contributed by atoms with Crippen molar-refractivity contribution in [2.75, 3.05) is 12.4 Å². The Bertz CT molecular complexity index is 580. The Balaban J connectivity index is 2.16. The number of carbonyl (C=O) groups is 1. The van der Waals surface area contributed by atoms with Gasteiger partial charge in [0.1, 0.15) is 0 Å². The topological polar surface area (TPSA) is 71.5 Å². The normalized spacial score (nSPS) is 10.1. The molecule has 94 valence electrons. The Morgan fingerprint density at radius 1 is 1.50 bits per heavy atom. The summed E-state index contributed by atoms with van der Waals surface area (Å²) in [5, 5.41) is 14.6. The lowest BCUT2D eigenvalue weighted by Crippen LogP contribution is -2.11. The number of anilines is 1. The number of rotatable bonds is 3. The standard InChI is InChI=1S/C12H12N2O3S/c1-7-6-18-12(13-7)14-11(16)8-3-4-10(17-2)9(15)5-8/h3-6,15H,1-2H3,(H,13,14,16). The number of amides is 1. The maximum atomic E-state index is 11.9. The van der Waals surface area contributed by atoms with Crippen molar-refractivity contribution >= 4 is 22.4 Å². The number of hydrogen-bond donors (Lipinski definition) is 2. The Labute approximate surface area is 108 Å². The van der Waals surface area contributed by atoms with E-state index in [2.05, 4.69) is 10.3 Å². The van der Waals surface area contributed by atoms with E-state index in [0.29, 0.717) is 16.4 Å². The van der Waals surface area contributed by atoms with E-state index >= 15 is 0 Å². The molecule has 2 rings (SSSR count). The maximum Gasteiger partial charge on any atom is 0.257 e. The molecule has 1 aromatic heterocycles. The van der Waals surface area contributed by atoms with Gasteiger partial charge in [-0.15, -0.1) is 11.3 Å². The van der Waals surface area contributed by atoms with Crippen LogP contribution in [0.5, 0.6) is 11.5 Å². The number of carbonyl (C=O) groups excluding carboxylic acids is 1. The maximum absolute atomic E-state index is 11.9. The van der Waals surface area contributed by atoms with Gasteiger partial charge in [0.25, 0.3) is 5.91 Å². The molecular weight excluding hydrogens is 252 g/mol. The van der Waals surface area contributed by atoms with Crippen molar-refractivity contribution in [1.82, 2.24) is 4.98 Å². The quantitative estimate of drug-likeness (QED) is 0.893. The molecule has 5 nitrogen and oxygen atoms in total. The van der Waals surface area contributed by atoms with Gasteiger partial charge in [0.2, 0.25) is 0 Å². The van der Waals surface area contributed by atoms with Gasteiger partial charge in [0.15, 0.2) is 16.6 Å². The van der Waals surface area contributed by atoms with E-state index in [1.54, 1.807) is 6.07 Å². The molecule has 0 radical (unpaired) electrons. The number of aromatic hydroxyl groups is 1. The molecule has 0 saturated heterocycles. The smallest absolute Gasteiger partial charge is 0.257 e. The number of aromatic nitrogens is 1. The van der Waals surface area contributed by atoms with Gasteiger partial charge >= 0.3 is 0 Å². The average Bonchev–Trinajstić information content (AvgIpc) is 2.74. The monoisotopic (exact) mass is 264 g/mol. The molecule has 0 saturated carbocycles. The Morgan fingerprint density at radius 3 is 2.83 bits per heavy atom. The second-order valence-electron chi connectivity index (χ2n) is 3.63. The fraction of sp³-hybridized carbons (Fsp3) is 0.167. The summed E-state index contributed by atoms with van der Waals surface area (Å²) in [4.78, 5) is 16.0. The molecule has 0 unspecified atom stereocenters. The molecule has 0 fully saturated rings. The minimum Gasteiger partial charge on any atom is -0.504 e. The molecular formula is C12H12N2O3S. The van der Waals surface area contributed by atoms with Crippen LogP contribution >= 0.6 is 11.3 Å². The molecule has 6 heteroatoms. The Kier molecular flexibility index (Phi) is 3.47.